The van der Waals surface area contributed by atoms with Crippen molar-refractivity contribution in [1.82, 2.24) is 5.32 Å². The van der Waals surface area contributed by atoms with Gasteiger partial charge in [0.25, 0.3) is 5.91 Å². The van der Waals surface area contributed by atoms with Crippen molar-refractivity contribution in [3.05, 3.63) is 40.4 Å². The van der Waals surface area contributed by atoms with Crippen LogP contribution in [0.5, 0.6) is 5.75 Å². The van der Waals surface area contributed by atoms with Gasteiger partial charge < -0.3 is 15.2 Å². The van der Waals surface area contributed by atoms with Gasteiger partial charge in [-0.05, 0) is 17.9 Å². The number of hydrogen-bond acceptors (Lipinski definition) is 3. The van der Waals surface area contributed by atoms with Gasteiger partial charge >= 0.3 is 5.97 Å². The minimum absolute atomic E-state index is 0.0266. The van der Waals surface area contributed by atoms with Crippen molar-refractivity contribution in [3.8, 4) is 5.75 Å². The molecule has 6 heteroatoms. The molecule has 0 saturated heterocycles. The first kappa shape index (κ1) is 16.3. The Morgan fingerprint density at radius 1 is 1.27 bits per heavy atom. The van der Waals surface area contributed by atoms with Crippen molar-refractivity contribution in [1.29, 1.82) is 0 Å². The molecule has 0 aliphatic heterocycles. The topological polar surface area (TPSA) is 75.6 Å². The number of rotatable bonds is 6. The van der Waals surface area contributed by atoms with Crippen LogP contribution < -0.4 is 10.1 Å². The Kier molecular flexibility index (Phi) is 5.38. The number of carboxylic acid groups (broad SMARTS) is 1. The van der Waals surface area contributed by atoms with Crippen LogP contribution in [0.3, 0.4) is 0 Å². The van der Waals surface area contributed by atoms with Crippen LogP contribution in [0.1, 0.15) is 23.2 Å². The summed E-state index contributed by atoms with van der Waals surface area (Å²) >= 11 is 3.47. The van der Waals surface area contributed by atoms with Crippen molar-refractivity contribution in [3.63, 3.8) is 0 Å². The van der Waals surface area contributed by atoms with Gasteiger partial charge in [0.2, 0.25) is 0 Å². The number of aliphatic carboxylic acids is 1. The quantitative estimate of drug-likeness (QED) is 0.770. The van der Waals surface area contributed by atoms with E-state index in [0.29, 0.717) is 24.3 Å². The fraction of sp³-hybridized carbons (Fsp3) is 0.250. The van der Waals surface area contributed by atoms with Crippen molar-refractivity contribution >= 4 is 38.6 Å². The number of hydrogen-bond donors (Lipinski definition) is 2. The first-order chi connectivity index (χ1) is 10.5. The lowest BCUT2D eigenvalue weighted by atomic mass is 10.0. The van der Waals surface area contributed by atoms with Crippen molar-refractivity contribution < 1.29 is 19.4 Å². The lowest BCUT2D eigenvalue weighted by Crippen LogP contribution is -2.25. The smallest absolute Gasteiger partial charge is 0.303 e. The number of methoxy groups -OCH3 is 1. The maximum atomic E-state index is 12.3. The van der Waals surface area contributed by atoms with E-state index in [9.17, 15) is 9.59 Å². The number of benzene rings is 2. The molecule has 0 aliphatic carbocycles. The highest BCUT2D eigenvalue weighted by Gasteiger charge is 2.17. The molecule has 2 aromatic carbocycles. The predicted octanol–water partition coefficient (Wildman–Crippen LogP) is 3.21. The predicted molar refractivity (Wildman–Crippen MR) is 87.4 cm³/mol. The Labute approximate surface area is 136 Å². The number of carboxylic acids is 1. The molecule has 2 aromatic rings. The summed E-state index contributed by atoms with van der Waals surface area (Å²) in [4.78, 5) is 22.8. The van der Waals surface area contributed by atoms with Gasteiger partial charge in [-0.15, -0.1) is 0 Å². The molecule has 5 nitrogen and oxygen atoms in total. The maximum absolute atomic E-state index is 12.3. The van der Waals surface area contributed by atoms with E-state index in [2.05, 4.69) is 21.2 Å². The third kappa shape index (κ3) is 3.57. The largest absolute Gasteiger partial charge is 0.495 e. The van der Waals surface area contributed by atoms with Gasteiger partial charge in [0.05, 0.1) is 12.7 Å². The van der Waals surface area contributed by atoms with Crippen molar-refractivity contribution in [2.45, 2.75) is 12.8 Å². The van der Waals surface area contributed by atoms with Gasteiger partial charge in [0.15, 0.2) is 0 Å². The molecule has 1 amide bonds. The second-order valence-corrected chi connectivity index (χ2v) is 5.59. The van der Waals surface area contributed by atoms with E-state index in [1.165, 1.54) is 7.11 Å². The molecule has 0 unspecified atom stereocenters. The van der Waals surface area contributed by atoms with Crippen molar-refractivity contribution in [2.75, 3.05) is 13.7 Å². The third-order valence-electron chi connectivity index (χ3n) is 3.25. The minimum Gasteiger partial charge on any atom is -0.495 e. The molecule has 0 bridgehead atoms. The van der Waals surface area contributed by atoms with Gasteiger partial charge in [0.1, 0.15) is 5.75 Å². The van der Waals surface area contributed by atoms with Crippen LogP contribution in [-0.4, -0.2) is 30.6 Å². The average Bonchev–Trinajstić information content (AvgIpc) is 2.51. The summed E-state index contributed by atoms with van der Waals surface area (Å²) in [6, 6.07) is 9.34. The zero-order chi connectivity index (χ0) is 16.1. The monoisotopic (exact) mass is 365 g/mol. The van der Waals surface area contributed by atoms with Crippen LogP contribution in [-0.2, 0) is 4.79 Å². The molecule has 0 heterocycles. The fourth-order valence-electron chi connectivity index (χ4n) is 2.23. The molecular weight excluding hydrogens is 350 g/mol. The van der Waals surface area contributed by atoms with Crippen molar-refractivity contribution in [2.24, 2.45) is 0 Å². The molecule has 116 valence electrons. The van der Waals surface area contributed by atoms with E-state index in [-0.39, 0.29) is 12.3 Å². The van der Waals surface area contributed by atoms with E-state index in [1.54, 1.807) is 6.07 Å². The first-order valence-electron chi connectivity index (χ1n) is 6.80. The molecule has 0 atom stereocenters. The van der Waals surface area contributed by atoms with Crippen LogP contribution in [0.25, 0.3) is 10.8 Å². The molecule has 0 saturated carbocycles. The maximum Gasteiger partial charge on any atom is 0.303 e. The van der Waals surface area contributed by atoms with E-state index in [0.717, 1.165) is 15.2 Å². The number of carbonyl (C=O) groups excluding carboxylic acids is 1. The van der Waals surface area contributed by atoms with E-state index in [4.69, 9.17) is 9.84 Å². The SMILES string of the molecule is COc1c(C(=O)NCCCC(=O)O)cc(Br)c2ccccc12. The van der Waals surface area contributed by atoms with E-state index >= 15 is 0 Å². The van der Waals surface area contributed by atoms with Crippen LogP contribution in [0.15, 0.2) is 34.8 Å². The second kappa shape index (κ2) is 7.26. The number of amides is 1. The summed E-state index contributed by atoms with van der Waals surface area (Å²) in [5.41, 5.74) is 0.420. The first-order valence-corrected chi connectivity index (χ1v) is 7.59. The standard InChI is InChI=1S/C16H16BrNO4/c1-22-15-11-6-3-2-5-10(11)13(17)9-12(15)16(21)18-8-4-7-14(19)20/h2-3,5-6,9H,4,7-8H2,1H3,(H,18,21)(H,19,20). The summed E-state index contributed by atoms with van der Waals surface area (Å²) < 4.78 is 6.21. The number of fused-ring (bicyclic) bond motifs is 1. The molecule has 0 aromatic heterocycles. The highest BCUT2D eigenvalue weighted by atomic mass is 79.9. The summed E-state index contributed by atoms with van der Waals surface area (Å²) in [7, 11) is 1.52. The highest BCUT2D eigenvalue weighted by Crippen LogP contribution is 2.35. The molecule has 0 spiro atoms. The number of carbonyl (C=O) groups is 2. The average molecular weight is 366 g/mol. The van der Waals surface area contributed by atoms with E-state index in [1.807, 2.05) is 24.3 Å². The Morgan fingerprint density at radius 2 is 1.95 bits per heavy atom. The molecule has 2 rings (SSSR count). The van der Waals surface area contributed by atoms with Gasteiger partial charge in [-0.2, -0.15) is 0 Å². The van der Waals surface area contributed by atoms with Crippen LogP contribution in [0.4, 0.5) is 0 Å². The molecule has 22 heavy (non-hydrogen) atoms. The van der Waals surface area contributed by atoms with Gasteiger partial charge in [-0.1, -0.05) is 40.2 Å². The summed E-state index contributed by atoms with van der Waals surface area (Å²) in [6.45, 7) is 0.304. The molecule has 2 N–H and O–H groups in total. The Morgan fingerprint density at radius 3 is 2.59 bits per heavy atom. The molecule has 0 aliphatic rings. The van der Waals surface area contributed by atoms with Gasteiger partial charge in [-0.25, -0.2) is 0 Å². The van der Waals surface area contributed by atoms with E-state index < -0.39 is 5.97 Å². The zero-order valence-corrected chi connectivity index (χ0v) is 13.6. The van der Waals surface area contributed by atoms with Gasteiger partial charge in [-0.3, -0.25) is 9.59 Å². The lowest BCUT2D eigenvalue weighted by molar-refractivity contribution is -0.137. The lowest BCUT2D eigenvalue weighted by Gasteiger charge is -2.13. The summed E-state index contributed by atoms with van der Waals surface area (Å²) in [6.07, 6.45) is 0.414. The van der Waals surface area contributed by atoms with Crippen LogP contribution in [0, 0.1) is 0 Å². The Bertz CT molecular complexity index is 715. The highest BCUT2D eigenvalue weighted by molar-refractivity contribution is 9.10. The fourth-order valence-corrected chi connectivity index (χ4v) is 2.80. The normalized spacial score (nSPS) is 10.5. The summed E-state index contributed by atoms with van der Waals surface area (Å²) in [5.74, 6) is -0.650. The van der Waals surface area contributed by atoms with Crippen LogP contribution in [0.2, 0.25) is 0 Å². The number of nitrogens with one attached hydrogen (secondary N) is 1. The molecule has 0 fully saturated rings. The summed E-state index contributed by atoms with van der Waals surface area (Å²) in [5, 5.41) is 13.1. The Balaban J connectivity index is 2.26. The molecule has 0 radical (unpaired) electrons. The minimum atomic E-state index is -0.875. The molecular formula is C16H16BrNO4. The van der Waals surface area contributed by atoms with Gasteiger partial charge in [0, 0.05) is 22.8 Å². The second-order valence-electron chi connectivity index (χ2n) is 4.74. The number of halogens is 1. The Hall–Kier alpha value is -2.08. The van der Waals surface area contributed by atoms with Crippen LogP contribution >= 0.6 is 15.9 Å². The zero-order valence-electron chi connectivity index (χ0n) is 12.1. The third-order valence-corrected chi connectivity index (χ3v) is 3.90. The number of ether oxygens (including phenoxy) is 1.